The molecule has 1 fully saturated rings. The van der Waals surface area contributed by atoms with E-state index in [1.807, 2.05) is 13.0 Å². The molecule has 0 spiro atoms. The molecule has 18 heavy (non-hydrogen) atoms. The summed E-state index contributed by atoms with van der Waals surface area (Å²) in [7, 11) is 0. The van der Waals surface area contributed by atoms with Crippen molar-refractivity contribution in [3.05, 3.63) is 41.6 Å². The second-order valence-corrected chi connectivity index (χ2v) is 4.80. The van der Waals surface area contributed by atoms with E-state index in [1.165, 1.54) is 12.1 Å². The van der Waals surface area contributed by atoms with Crippen molar-refractivity contribution in [2.75, 3.05) is 13.1 Å². The Morgan fingerprint density at radius 3 is 3.00 bits per heavy atom. The molecule has 1 aliphatic rings. The summed E-state index contributed by atoms with van der Waals surface area (Å²) in [5.74, 6) is 1.24. The number of benzene rings is 1. The molecule has 0 radical (unpaired) electrons. The minimum atomic E-state index is -0.223. The van der Waals surface area contributed by atoms with Crippen LogP contribution in [0, 0.1) is 12.7 Å². The number of halogens is 1. The molecule has 4 heteroatoms. The molecule has 0 bridgehead atoms. The largest absolute Gasteiger partial charge is 0.345 e. The molecular formula is C14H16FN3. The van der Waals surface area contributed by atoms with Crippen molar-refractivity contribution in [1.82, 2.24) is 15.3 Å². The lowest BCUT2D eigenvalue weighted by molar-refractivity contribution is 0.628. The quantitative estimate of drug-likeness (QED) is 0.853. The fraction of sp³-hybridized carbons (Fsp3) is 0.357. The highest BCUT2D eigenvalue weighted by Gasteiger charge is 2.21. The van der Waals surface area contributed by atoms with E-state index in [1.54, 1.807) is 6.07 Å². The van der Waals surface area contributed by atoms with Crippen LogP contribution in [-0.4, -0.2) is 23.1 Å². The molecule has 0 saturated carbocycles. The van der Waals surface area contributed by atoms with E-state index in [4.69, 9.17) is 0 Å². The van der Waals surface area contributed by atoms with Crippen molar-refractivity contribution < 1.29 is 4.39 Å². The molecule has 3 rings (SSSR count). The Hall–Kier alpha value is -1.68. The Kier molecular flexibility index (Phi) is 2.88. The zero-order chi connectivity index (χ0) is 12.5. The van der Waals surface area contributed by atoms with Crippen LogP contribution in [0.3, 0.4) is 0 Å². The van der Waals surface area contributed by atoms with Crippen LogP contribution in [-0.2, 0) is 0 Å². The van der Waals surface area contributed by atoms with Crippen LogP contribution < -0.4 is 5.32 Å². The molecule has 1 atom stereocenters. The summed E-state index contributed by atoms with van der Waals surface area (Å²) in [5, 5.41) is 3.33. The Bertz CT molecular complexity index is 556. The number of aromatic nitrogens is 2. The van der Waals surface area contributed by atoms with Gasteiger partial charge >= 0.3 is 0 Å². The van der Waals surface area contributed by atoms with Gasteiger partial charge in [0.05, 0.1) is 5.69 Å². The second-order valence-electron chi connectivity index (χ2n) is 4.80. The van der Waals surface area contributed by atoms with Gasteiger partial charge in [0.25, 0.3) is 0 Å². The van der Waals surface area contributed by atoms with Crippen LogP contribution in [0.15, 0.2) is 24.3 Å². The minimum absolute atomic E-state index is 0.223. The molecule has 0 amide bonds. The predicted octanol–water partition coefficient (Wildman–Crippen LogP) is 2.60. The average molecular weight is 245 g/mol. The summed E-state index contributed by atoms with van der Waals surface area (Å²) in [6, 6.07) is 6.59. The standard InChI is InChI=1S/C14H16FN3/c1-9-13(10-3-2-4-12(15)7-10)18-14(17-9)11-5-6-16-8-11/h2-4,7,11,16H,5-6,8H2,1H3,(H,17,18). The van der Waals surface area contributed by atoms with Gasteiger partial charge in [-0.05, 0) is 32.0 Å². The van der Waals surface area contributed by atoms with E-state index in [0.717, 1.165) is 42.3 Å². The van der Waals surface area contributed by atoms with Crippen LogP contribution in [0.5, 0.6) is 0 Å². The maximum absolute atomic E-state index is 13.2. The average Bonchev–Trinajstić information content (AvgIpc) is 2.97. The van der Waals surface area contributed by atoms with Crippen LogP contribution in [0.2, 0.25) is 0 Å². The Labute approximate surface area is 105 Å². The number of hydrogen-bond donors (Lipinski definition) is 2. The van der Waals surface area contributed by atoms with Gasteiger partial charge < -0.3 is 10.3 Å². The van der Waals surface area contributed by atoms with Crippen LogP contribution in [0.1, 0.15) is 23.9 Å². The topological polar surface area (TPSA) is 40.7 Å². The van der Waals surface area contributed by atoms with E-state index in [-0.39, 0.29) is 5.82 Å². The number of aromatic amines is 1. The highest BCUT2D eigenvalue weighted by Crippen LogP contribution is 2.26. The zero-order valence-electron chi connectivity index (χ0n) is 10.3. The van der Waals surface area contributed by atoms with Crippen molar-refractivity contribution in [3.63, 3.8) is 0 Å². The molecular weight excluding hydrogens is 229 g/mol. The Balaban J connectivity index is 1.97. The van der Waals surface area contributed by atoms with Gasteiger partial charge in [-0.1, -0.05) is 12.1 Å². The van der Waals surface area contributed by atoms with Gasteiger partial charge in [0.15, 0.2) is 0 Å². The summed E-state index contributed by atoms with van der Waals surface area (Å²) < 4.78 is 13.2. The molecule has 94 valence electrons. The summed E-state index contributed by atoms with van der Waals surface area (Å²) in [5.41, 5.74) is 2.69. The van der Waals surface area contributed by atoms with E-state index in [0.29, 0.717) is 5.92 Å². The number of nitrogens with zero attached hydrogens (tertiary/aromatic N) is 1. The van der Waals surface area contributed by atoms with Gasteiger partial charge in [-0.25, -0.2) is 9.37 Å². The van der Waals surface area contributed by atoms with Gasteiger partial charge in [-0.3, -0.25) is 0 Å². The molecule has 0 aliphatic carbocycles. The molecule has 2 heterocycles. The first-order valence-electron chi connectivity index (χ1n) is 6.27. The number of hydrogen-bond acceptors (Lipinski definition) is 2. The first kappa shape index (κ1) is 11.4. The van der Waals surface area contributed by atoms with Gasteiger partial charge in [0, 0.05) is 23.7 Å². The third kappa shape index (κ3) is 2.04. The molecule has 1 aliphatic heterocycles. The molecule has 2 N–H and O–H groups in total. The lowest BCUT2D eigenvalue weighted by atomic mass is 10.1. The van der Waals surface area contributed by atoms with E-state index in [2.05, 4.69) is 15.3 Å². The van der Waals surface area contributed by atoms with Gasteiger partial charge in [-0.2, -0.15) is 0 Å². The summed E-state index contributed by atoms with van der Waals surface area (Å²) in [4.78, 5) is 7.97. The SMILES string of the molecule is Cc1[nH]c(C2CCNC2)nc1-c1cccc(F)c1. The van der Waals surface area contributed by atoms with E-state index in [9.17, 15) is 4.39 Å². The molecule has 1 unspecified atom stereocenters. The highest BCUT2D eigenvalue weighted by molar-refractivity contribution is 5.62. The number of H-pyrrole nitrogens is 1. The van der Waals surface area contributed by atoms with Crippen LogP contribution in [0.4, 0.5) is 4.39 Å². The van der Waals surface area contributed by atoms with Crippen molar-refractivity contribution >= 4 is 0 Å². The normalized spacial score (nSPS) is 19.3. The number of aryl methyl sites for hydroxylation is 1. The molecule has 1 aromatic heterocycles. The maximum Gasteiger partial charge on any atom is 0.123 e. The van der Waals surface area contributed by atoms with Gasteiger partial charge in [0.2, 0.25) is 0 Å². The molecule has 3 nitrogen and oxygen atoms in total. The smallest absolute Gasteiger partial charge is 0.123 e. The maximum atomic E-state index is 13.2. The zero-order valence-corrected chi connectivity index (χ0v) is 10.3. The lowest BCUT2D eigenvalue weighted by Crippen LogP contribution is -2.08. The lowest BCUT2D eigenvalue weighted by Gasteiger charge is -2.02. The number of rotatable bonds is 2. The van der Waals surface area contributed by atoms with Gasteiger partial charge in [0.1, 0.15) is 11.6 Å². The van der Waals surface area contributed by atoms with Crippen molar-refractivity contribution in [3.8, 4) is 11.3 Å². The predicted molar refractivity (Wildman–Crippen MR) is 68.9 cm³/mol. The summed E-state index contributed by atoms with van der Waals surface area (Å²) in [6.45, 7) is 3.99. The monoisotopic (exact) mass is 245 g/mol. The number of nitrogens with one attached hydrogen (secondary N) is 2. The van der Waals surface area contributed by atoms with Crippen LogP contribution in [0.25, 0.3) is 11.3 Å². The first-order valence-corrected chi connectivity index (χ1v) is 6.27. The van der Waals surface area contributed by atoms with Crippen LogP contribution >= 0.6 is 0 Å². The van der Waals surface area contributed by atoms with E-state index < -0.39 is 0 Å². The number of imidazole rings is 1. The molecule has 1 aromatic carbocycles. The molecule has 2 aromatic rings. The minimum Gasteiger partial charge on any atom is -0.345 e. The fourth-order valence-corrected chi connectivity index (χ4v) is 2.48. The van der Waals surface area contributed by atoms with Crippen molar-refractivity contribution in [1.29, 1.82) is 0 Å². The summed E-state index contributed by atoms with van der Waals surface area (Å²) >= 11 is 0. The third-order valence-electron chi connectivity index (χ3n) is 3.45. The van der Waals surface area contributed by atoms with Gasteiger partial charge in [-0.15, -0.1) is 0 Å². The Morgan fingerprint density at radius 1 is 1.39 bits per heavy atom. The fourth-order valence-electron chi connectivity index (χ4n) is 2.48. The van der Waals surface area contributed by atoms with Crippen molar-refractivity contribution in [2.24, 2.45) is 0 Å². The van der Waals surface area contributed by atoms with E-state index >= 15 is 0 Å². The highest BCUT2D eigenvalue weighted by atomic mass is 19.1. The first-order chi connectivity index (χ1) is 8.74. The summed E-state index contributed by atoms with van der Waals surface area (Å²) in [6.07, 6.45) is 1.11. The molecule has 1 saturated heterocycles. The van der Waals surface area contributed by atoms with Crippen molar-refractivity contribution in [2.45, 2.75) is 19.3 Å². The second kappa shape index (κ2) is 4.53. The Morgan fingerprint density at radius 2 is 2.28 bits per heavy atom. The third-order valence-corrected chi connectivity index (χ3v) is 3.45.